The van der Waals surface area contributed by atoms with Crippen LogP contribution in [0.4, 0.5) is 0 Å². The third-order valence-electron chi connectivity index (χ3n) is 4.79. The van der Waals surface area contributed by atoms with Crippen molar-refractivity contribution < 1.29 is 9.59 Å². The second-order valence-electron chi connectivity index (χ2n) is 6.98. The van der Waals surface area contributed by atoms with Crippen molar-refractivity contribution in [1.29, 1.82) is 0 Å². The standard InChI is InChI=1S/C20H23ClN2O2S2/c1-12(2)13(3)22-18(24)16-11-27-20(17-5-4-10-26-17)23(16)19(25)14-6-8-15(21)9-7-14/h4-10,12-13,16,20H,11H2,1-3H3,(H,22,24)/t13-,16+,20+/m0/s1. The number of halogens is 1. The van der Waals surface area contributed by atoms with E-state index < -0.39 is 6.04 Å². The first kappa shape index (κ1) is 20.2. The number of hydrogen-bond donors (Lipinski definition) is 1. The van der Waals surface area contributed by atoms with Crippen molar-refractivity contribution in [2.75, 3.05) is 5.75 Å². The van der Waals surface area contributed by atoms with Gasteiger partial charge in [-0.3, -0.25) is 9.59 Å². The number of thiophene rings is 1. The molecule has 1 fully saturated rings. The average Bonchev–Trinajstić information content (AvgIpc) is 3.30. The normalized spacial score (nSPS) is 20.7. The molecule has 3 rings (SSSR count). The topological polar surface area (TPSA) is 49.4 Å². The van der Waals surface area contributed by atoms with Gasteiger partial charge in [0.1, 0.15) is 11.4 Å². The number of hydrogen-bond acceptors (Lipinski definition) is 4. The molecule has 1 N–H and O–H groups in total. The van der Waals surface area contributed by atoms with Crippen molar-refractivity contribution in [2.24, 2.45) is 5.92 Å². The van der Waals surface area contributed by atoms with Crippen molar-refractivity contribution in [3.8, 4) is 0 Å². The van der Waals surface area contributed by atoms with Gasteiger partial charge >= 0.3 is 0 Å². The molecule has 0 radical (unpaired) electrons. The third kappa shape index (κ3) is 4.50. The van der Waals surface area contributed by atoms with Gasteiger partial charge in [0, 0.05) is 27.3 Å². The van der Waals surface area contributed by atoms with Crippen LogP contribution in [0.3, 0.4) is 0 Å². The fraction of sp³-hybridized carbons (Fsp3) is 0.400. The number of benzene rings is 1. The van der Waals surface area contributed by atoms with Crippen LogP contribution in [0.25, 0.3) is 0 Å². The molecular weight excluding hydrogens is 400 g/mol. The Kier molecular flexibility index (Phi) is 6.50. The Labute approximate surface area is 173 Å². The van der Waals surface area contributed by atoms with Gasteiger partial charge in [-0.2, -0.15) is 0 Å². The molecule has 0 unspecified atom stereocenters. The second kappa shape index (κ2) is 8.67. The zero-order valence-electron chi connectivity index (χ0n) is 15.5. The summed E-state index contributed by atoms with van der Waals surface area (Å²) in [5, 5.41) is 5.49. The summed E-state index contributed by atoms with van der Waals surface area (Å²) in [7, 11) is 0. The van der Waals surface area contributed by atoms with Crippen LogP contribution in [0.5, 0.6) is 0 Å². The summed E-state index contributed by atoms with van der Waals surface area (Å²) in [5.74, 6) is 0.674. The molecule has 0 bridgehead atoms. The van der Waals surface area contributed by atoms with Crippen LogP contribution in [-0.2, 0) is 4.79 Å². The monoisotopic (exact) mass is 422 g/mol. The molecule has 4 nitrogen and oxygen atoms in total. The number of nitrogens with one attached hydrogen (secondary N) is 1. The van der Waals surface area contributed by atoms with Crippen LogP contribution >= 0.6 is 34.7 Å². The van der Waals surface area contributed by atoms with Gasteiger partial charge in [0.2, 0.25) is 5.91 Å². The Hall–Kier alpha value is -1.50. The minimum atomic E-state index is -0.494. The molecule has 1 aliphatic heterocycles. The van der Waals surface area contributed by atoms with Gasteiger partial charge in [0.05, 0.1) is 0 Å². The van der Waals surface area contributed by atoms with Crippen molar-refractivity contribution in [2.45, 2.75) is 38.2 Å². The summed E-state index contributed by atoms with van der Waals surface area (Å²) >= 11 is 9.20. The molecule has 27 heavy (non-hydrogen) atoms. The van der Waals surface area contributed by atoms with E-state index in [1.165, 1.54) is 0 Å². The van der Waals surface area contributed by atoms with E-state index in [4.69, 9.17) is 11.6 Å². The van der Waals surface area contributed by atoms with Crippen LogP contribution < -0.4 is 5.32 Å². The van der Waals surface area contributed by atoms with E-state index in [-0.39, 0.29) is 23.2 Å². The molecule has 1 aromatic heterocycles. The molecule has 1 aromatic carbocycles. The maximum atomic E-state index is 13.3. The molecule has 1 aliphatic rings. The first-order valence-electron chi connectivity index (χ1n) is 8.92. The molecule has 0 spiro atoms. The fourth-order valence-electron chi connectivity index (χ4n) is 2.84. The van der Waals surface area contributed by atoms with Crippen molar-refractivity contribution in [3.05, 3.63) is 57.2 Å². The first-order chi connectivity index (χ1) is 12.9. The molecule has 2 amide bonds. The Morgan fingerprint density at radius 1 is 1.19 bits per heavy atom. The summed E-state index contributed by atoms with van der Waals surface area (Å²) < 4.78 is 0. The molecule has 2 aromatic rings. The molecule has 3 atom stereocenters. The molecule has 0 saturated carbocycles. The summed E-state index contributed by atoms with van der Waals surface area (Å²) in [6.45, 7) is 6.13. The maximum absolute atomic E-state index is 13.3. The lowest BCUT2D eigenvalue weighted by atomic mass is 10.1. The summed E-state index contributed by atoms with van der Waals surface area (Å²) in [5.41, 5.74) is 0.540. The lowest BCUT2D eigenvalue weighted by Gasteiger charge is -2.30. The van der Waals surface area contributed by atoms with Crippen molar-refractivity contribution >= 4 is 46.5 Å². The van der Waals surface area contributed by atoms with Crippen LogP contribution in [-0.4, -0.2) is 34.6 Å². The summed E-state index contributed by atoms with van der Waals surface area (Å²) in [6, 6.07) is 10.4. The van der Waals surface area contributed by atoms with Gasteiger partial charge in [-0.25, -0.2) is 0 Å². The Bertz CT molecular complexity index is 793. The van der Waals surface area contributed by atoms with Crippen molar-refractivity contribution in [1.82, 2.24) is 10.2 Å². The van der Waals surface area contributed by atoms with Crippen LogP contribution in [0.1, 0.15) is 41.4 Å². The molecule has 0 aliphatic carbocycles. The highest BCUT2D eigenvalue weighted by Crippen LogP contribution is 2.44. The van der Waals surface area contributed by atoms with Gasteiger partial charge in [-0.15, -0.1) is 23.1 Å². The van der Waals surface area contributed by atoms with E-state index in [2.05, 4.69) is 19.2 Å². The Morgan fingerprint density at radius 3 is 2.48 bits per heavy atom. The van der Waals surface area contributed by atoms with Crippen LogP contribution in [0.2, 0.25) is 5.02 Å². The van der Waals surface area contributed by atoms with E-state index >= 15 is 0 Å². The second-order valence-corrected chi connectivity index (χ2v) is 9.51. The summed E-state index contributed by atoms with van der Waals surface area (Å²) in [4.78, 5) is 29.0. The highest BCUT2D eigenvalue weighted by atomic mass is 35.5. The van der Waals surface area contributed by atoms with Gasteiger partial charge in [0.25, 0.3) is 5.91 Å². The number of carbonyl (C=O) groups is 2. The first-order valence-corrected chi connectivity index (χ1v) is 11.2. The lowest BCUT2D eigenvalue weighted by Crippen LogP contribution is -2.50. The molecular formula is C20H23ClN2O2S2. The van der Waals surface area contributed by atoms with Gasteiger partial charge in [0.15, 0.2) is 0 Å². The molecule has 7 heteroatoms. The fourth-order valence-corrected chi connectivity index (χ4v) is 5.36. The molecule has 144 valence electrons. The number of nitrogens with zero attached hydrogens (tertiary/aromatic N) is 1. The SMILES string of the molecule is CC(C)[C@H](C)NC(=O)[C@H]1CS[C@H](c2cccs2)N1C(=O)c1ccc(Cl)cc1. The van der Waals surface area contributed by atoms with E-state index in [9.17, 15) is 9.59 Å². The maximum Gasteiger partial charge on any atom is 0.255 e. The predicted molar refractivity (Wildman–Crippen MR) is 113 cm³/mol. The quantitative estimate of drug-likeness (QED) is 0.751. The Balaban J connectivity index is 1.89. The smallest absolute Gasteiger partial charge is 0.255 e. The van der Waals surface area contributed by atoms with E-state index in [0.29, 0.717) is 22.3 Å². The number of thioether (sulfide) groups is 1. The van der Waals surface area contributed by atoms with Crippen LogP contribution in [0, 0.1) is 5.92 Å². The lowest BCUT2D eigenvalue weighted by molar-refractivity contribution is -0.125. The van der Waals surface area contributed by atoms with Crippen molar-refractivity contribution in [3.63, 3.8) is 0 Å². The molecule has 1 saturated heterocycles. The molecule has 2 heterocycles. The van der Waals surface area contributed by atoms with E-state index in [0.717, 1.165) is 4.88 Å². The number of amides is 2. The number of rotatable bonds is 5. The van der Waals surface area contributed by atoms with Gasteiger partial charge in [-0.1, -0.05) is 31.5 Å². The highest BCUT2D eigenvalue weighted by Gasteiger charge is 2.43. The minimum Gasteiger partial charge on any atom is -0.352 e. The third-order valence-corrected chi connectivity index (χ3v) is 7.42. The van der Waals surface area contributed by atoms with Gasteiger partial charge < -0.3 is 10.2 Å². The Morgan fingerprint density at radius 2 is 1.89 bits per heavy atom. The summed E-state index contributed by atoms with van der Waals surface area (Å²) in [6.07, 6.45) is 0. The minimum absolute atomic E-state index is 0.0516. The average molecular weight is 423 g/mol. The number of carbonyl (C=O) groups excluding carboxylic acids is 2. The zero-order chi connectivity index (χ0) is 19.6. The van der Waals surface area contributed by atoms with E-state index in [1.54, 1.807) is 52.3 Å². The van der Waals surface area contributed by atoms with Gasteiger partial charge in [-0.05, 0) is 48.6 Å². The zero-order valence-corrected chi connectivity index (χ0v) is 17.9. The predicted octanol–water partition coefficient (Wildman–Crippen LogP) is 4.82. The van der Waals surface area contributed by atoms with E-state index in [1.807, 2.05) is 24.4 Å². The largest absolute Gasteiger partial charge is 0.352 e. The highest BCUT2D eigenvalue weighted by molar-refractivity contribution is 7.99. The van der Waals surface area contributed by atoms with Crippen LogP contribution in [0.15, 0.2) is 41.8 Å².